The van der Waals surface area contributed by atoms with Crippen LogP contribution in [0.4, 0.5) is 10.5 Å². The quantitative estimate of drug-likeness (QED) is 0.828. The number of anilines is 1. The van der Waals surface area contributed by atoms with Gasteiger partial charge in [0, 0.05) is 24.7 Å². The summed E-state index contributed by atoms with van der Waals surface area (Å²) in [5.74, 6) is -0.885. The van der Waals surface area contributed by atoms with Crippen molar-refractivity contribution in [1.29, 1.82) is 0 Å². The van der Waals surface area contributed by atoms with Gasteiger partial charge in [0.25, 0.3) is 0 Å². The molecule has 0 bridgehead atoms. The van der Waals surface area contributed by atoms with E-state index in [-0.39, 0.29) is 18.4 Å². The van der Waals surface area contributed by atoms with Crippen molar-refractivity contribution in [3.63, 3.8) is 0 Å². The molecule has 1 aliphatic heterocycles. The van der Waals surface area contributed by atoms with Gasteiger partial charge in [0.05, 0.1) is 6.42 Å². The summed E-state index contributed by atoms with van der Waals surface area (Å²) in [7, 11) is 0. The van der Waals surface area contributed by atoms with Crippen LogP contribution in [0, 0.1) is 5.92 Å². The number of hydrogen-bond donors (Lipinski definition) is 2. The van der Waals surface area contributed by atoms with Crippen LogP contribution < -0.4 is 10.2 Å². The molecule has 5 heteroatoms. The van der Waals surface area contributed by atoms with Gasteiger partial charge < -0.3 is 10.4 Å². The van der Waals surface area contributed by atoms with E-state index in [0.29, 0.717) is 13.1 Å². The van der Waals surface area contributed by atoms with Crippen LogP contribution in [0.15, 0.2) is 30.3 Å². The van der Waals surface area contributed by atoms with Gasteiger partial charge in [0.2, 0.25) is 0 Å². The largest absolute Gasteiger partial charge is 0.481 e. The molecule has 2 N–H and O–H groups in total. The highest BCUT2D eigenvalue weighted by molar-refractivity contribution is 5.92. The molecule has 0 aliphatic carbocycles. The number of carbonyl (C=O) groups is 2. The number of nitrogens with zero attached hydrogens (tertiary/aromatic N) is 1. The Morgan fingerprint density at radius 3 is 2.76 bits per heavy atom. The number of amides is 2. The lowest BCUT2D eigenvalue weighted by molar-refractivity contribution is -0.138. The summed E-state index contributed by atoms with van der Waals surface area (Å²) in [5.41, 5.74) is 0.792. The van der Waals surface area contributed by atoms with Crippen molar-refractivity contribution in [3.05, 3.63) is 30.3 Å². The Morgan fingerprint density at radius 1 is 1.41 bits per heavy atom. The molecule has 1 fully saturated rings. The molecular weight excluding hydrogens is 220 g/mol. The topological polar surface area (TPSA) is 69.6 Å². The molecule has 0 saturated carbocycles. The van der Waals surface area contributed by atoms with E-state index < -0.39 is 5.97 Å². The number of para-hydroxylation sites is 1. The maximum Gasteiger partial charge on any atom is 0.321 e. The molecule has 0 spiro atoms. The molecular formula is C12H14N2O3. The second-order valence-electron chi connectivity index (χ2n) is 4.10. The monoisotopic (exact) mass is 234 g/mol. The molecule has 1 saturated heterocycles. The molecule has 1 atom stereocenters. The Labute approximate surface area is 99.0 Å². The van der Waals surface area contributed by atoms with Crippen LogP contribution in [0.25, 0.3) is 0 Å². The van der Waals surface area contributed by atoms with Crippen LogP contribution in [-0.4, -0.2) is 30.2 Å². The van der Waals surface area contributed by atoms with Crippen LogP contribution in [0.1, 0.15) is 6.42 Å². The van der Waals surface area contributed by atoms with Crippen molar-refractivity contribution in [1.82, 2.24) is 5.32 Å². The Morgan fingerprint density at radius 2 is 2.12 bits per heavy atom. The van der Waals surface area contributed by atoms with E-state index in [0.717, 1.165) is 5.69 Å². The number of carboxylic acids is 1. The Bertz CT molecular complexity index is 419. The van der Waals surface area contributed by atoms with E-state index in [9.17, 15) is 9.59 Å². The highest BCUT2D eigenvalue weighted by atomic mass is 16.4. The first-order valence-electron chi connectivity index (χ1n) is 5.49. The standard InChI is InChI=1S/C12H14N2O3/c15-11(16)6-9-7-13-12(17)14(8-9)10-4-2-1-3-5-10/h1-5,9H,6-8H2,(H,13,17)(H,15,16). The minimum Gasteiger partial charge on any atom is -0.481 e. The molecule has 1 aliphatic rings. The number of carbonyl (C=O) groups excluding carboxylic acids is 1. The van der Waals surface area contributed by atoms with Gasteiger partial charge in [-0.3, -0.25) is 9.69 Å². The van der Waals surface area contributed by atoms with Crippen LogP contribution >= 0.6 is 0 Å². The van der Waals surface area contributed by atoms with Crippen molar-refractivity contribution in [2.75, 3.05) is 18.0 Å². The van der Waals surface area contributed by atoms with E-state index >= 15 is 0 Å². The molecule has 0 aromatic heterocycles. The molecule has 1 aromatic rings. The minimum atomic E-state index is -0.834. The number of urea groups is 1. The molecule has 0 radical (unpaired) electrons. The summed E-state index contributed by atoms with van der Waals surface area (Å²) in [6, 6.07) is 9.08. The normalized spacial score (nSPS) is 19.9. The zero-order chi connectivity index (χ0) is 12.3. The Balaban J connectivity index is 2.10. The molecule has 90 valence electrons. The van der Waals surface area contributed by atoms with Crippen LogP contribution in [0.3, 0.4) is 0 Å². The Hall–Kier alpha value is -2.04. The number of nitrogens with one attached hydrogen (secondary N) is 1. The second-order valence-corrected chi connectivity index (χ2v) is 4.10. The fourth-order valence-electron chi connectivity index (χ4n) is 1.95. The Kier molecular flexibility index (Phi) is 3.27. The lowest BCUT2D eigenvalue weighted by atomic mass is 10.0. The molecule has 1 aromatic carbocycles. The van der Waals surface area contributed by atoms with Crippen LogP contribution in [0.5, 0.6) is 0 Å². The summed E-state index contributed by atoms with van der Waals surface area (Å²) in [5, 5.41) is 11.5. The van der Waals surface area contributed by atoms with Gasteiger partial charge in [0.1, 0.15) is 0 Å². The van der Waals surface area contributed by atoms with E-state index in [1.54, 1.807) is 4.90 Å². The van der Waals surface area contributed by atoms with Crippen LogP contribution in [0.2, 0.25) is 0 Å². The van der Waals surface area contributed by atoms with Gasteiger partial charge in [-0.05, 0) is 12.1 Å². The van der Waals surface area contributed by atoms with Crippen molar-refractivity contribution >= 4 is 17.7 Å². The average molecular weight is 234 g/mol. The second kappa shape index (κ2) is 4.86. The molecule has 2 rings (SSSR count). The lowest BCUT2D eigenvalue weighted by Gasteiger charge is -2.32. The summed E-state index contributed by atoms with van der Waals surface area (Å²) in [6.07, 6.45) is 0.0730. The maximum absolute atomic E-state index is 11.7. The van der Waals surface area contributed by atoms with Crippen molar-refractivity contribution in [2.24, 2.45) is 5.92 Å². The third kappa shape index (κ3) is 2.75. The van der Waals surface area contributed by atoms with Crippen molar-refractivity contribution in [3.8, 4) is 0 Å². The smallest absolute Gasteiger partial charge is 0.321 e. The fraction of sp³-hybridized carbons (Fsp3) is 0.333. The highest BCUT2D eigenvalue weighted by Crippen LogP contribution is 2.19. The van der Waals surface area contributed by atoms with Gasteiger partial charge >= 0.3 is 12.0 Å². The zero-order valence-electron chi connectivity index (χ0n) is 9.30. The molecule has 2 amide bonds. The lowest BCUT2D eigenvalue weighted by Crippen LogP contribution is -2.51. The van der Waals surface area contributed by atoms with E-state index in [4.69, 9.17) is 5.11 Å². The van der Waals surface area contributed by atoms with E-state index in [1.165, 1.54) is 0 Å². The molecule has 5 nitrogen and oxygen atoms in total. The van der Waals surface area contributed by atoms with Crippen molar-refractivity contribution in [2.45, 2.75) is 6.42 Å². The zero-order valence-corrected chi connectivity index (χ0v) is 9.30. The molecule has 1 unspecified atom stereocenters. The number of benzene rings is 1. The summed E-state index contributed by atoms with van der Waals surface area (Å²) in [6.45, 7) is 0.872. The third-order valence-corrected chi connectivity index (χ3v) is 2.76. The first kappa shape index (κ1) is 11.4. The predicted octanol–water partition coefficient (Wildman–Crippen LogP) is 1.31. The van der Waals surface area contributed by atoms with E-state index in [2.05, 4.69) is 5.32 Å². The van der Waals surface area contributed by atoms with Crippen LogP contribution in [-0.2, 0) is 4.79 Å². The number of hydrogen-bond acceptors (Lipinski definition) is 2. The summed E-state index contributed by atoms with van der Waals surface area (Å²) < 4.78 is 0. The number of aliphatic carboxylic acids is 1. The highest BCUT2D eigenvalue weighted by Gasteiger charge is 2.27. The number of rotatable bonds is 3. The van der Waals surface area contributed by atoms with E-state index in [1.807, 2.05) is 30.3 Å². The van der Waals surface area contributed by atoms with Gasteiger partial charge in [-0.2, -0.15) is 0 Å². The third-order valence-electron chi connectivity index (χ3n) is 2.76. The maximum atomic E-state index is 11.7. The van der Waals surface area contributed by atoms with Gasteiger partial charge in [-0.15, -0.1) is 0 Å². The van der Waals surface area contributed by atoms with Gasteiger partial charge in [-0.1, -0.05) is 18.2 Å². The first-order valence-corrected chi connectivity index (χ1v) is 5.49. The predicted molar refractivity (Wildman–Crippen MR) is 62.9 cm³/mol. The SMILES string of the molecule is O=C(O)CC1CNC(=O)N(c2ccccc2)C1. The van der Waals surface area contributed by atoms with Gasteiger partial charge in [0.15, 0.2) is 0 Å². The fourth-order valence-corrected chi connectivity index (χ4v) is 1.95. The van der Waals surface area contributed by atoms with Gasteiger partial charge in [-0.25, -0.2) is 4.79 Å². The summed E-state index contributed by atoms with van der Waals surface area (Å²) >= 11 is 0. The first-order chi connectivity index (χ1) is 8.16. The van der Waals surface area contributed by atoms with Crippen molar-refractivity contribution < 1.29 is 14.7 Å². The molecule has 1 heterocycles. The number of carboxylic acid groups (broad SMARTS) is 1. The molecule has 17 heavy (non-hydrogen) atoms. The average Bonchev–Trinajstić information content (AvgIpc) is 2.32. The minimum absolute atomic E-state index is 0.0505. The summed E-state index contributed by atoms with van der Waals surface area (Å²) in [4.78, 5) is 23.9.